The molecule has 0 fully saturated rings. The molecule has 1 aromatic heterocycles. The highest BCUT2D eigenvalue weighted by molar-refractivity contribution is 5.32. The molecule has 0 unspecified atom stereocenters. The van der Waals surface area contributed by atoms with Crippen LogP contribution >= 0.6 is 0 Å². The zero-order valence-corrected chi connectivity index (χ0v) is 8.73. The number of halogens is 1. The number of rotatable bonds is 4. The van der Waals surface area contributed by atoms with Crippen molar-refractivity contribution >= 4 is 5.82 Å². The summed E-state index contributed by atoms with van der Waals surface area (Å²) in [6.07, 6.45) is 3.78. The van der Waals surface area contributed by atoms with E-state index in [1.807, 2.05) is 6.07 Å². The predicted octanol–water partition coefficient (Wildman–Crippen LogP) is 2.27. The van der Waals surface area contributed by atoms with Gasteiger partial charge in [0.1, 0.15) is 18.0 Å². The van der Waals surface area contributed by atoms with Gasteiger partial charge in [0.25, 0.3) is 0 Å². The first-order valence-corrected chi connectivity index (χ1v) is 5.09. The largest absolute Gasteiger partial charge is 0.370 e. The average Bonchev–Trinajstić information content (AvgIpc) is 2.33. The monoisotopic (exact) mass is 217 g/mol. The van der Waals surface area contributed by atoms with Crippen LogP contribution in [0.15, 0.2) is 42.9 Å². The van der Waals surface area contributed by atoms with Crippen molar-refractivity contribution in [3.63, 3.8) is 0 Å². The fraction of sp³-hybridized carbons (Fsp3) is 0.167. The quantitative estimate of drug-likeness (QED) is 0.853. The smallest absolute Gasteiger partial charge is 0.129 e. The second-order valence-corrected chi connectivity index (χ2v) is 3.36. The second-order valence-electron chi connectivity index (χ2n) is 3.36. The third kappa shape index (κ3) is 2.76. The molecule has 1 N–H and O–H groups in total. The molecule has 0 aliphatic heterocycles. The maximum atomic E-state index is 13.3. The van der Waals surface area contributed by atoms with Gasteiger partial charge in [0.2, 0.25) is 0 Å². The summed E-state index contributed by atoms with van der Waals surface area (Å²) in [5, 5.41) is 3.10. The number of nitrogens with one attached hydrogen (secondary N) is 1. The molecule has 0 amide bonds. The molecular formula is C12H12FN3. The molecule has 16 heavy (non-hydrogen) atoms. The van der Waals surface area contributed by atoms with E-state index in [0.29, 0.717) is 18.5 Å². The topological polar surface area (TPSA) is 37.8 Å². The first-order chi connectivity index (χ1) is 7.86. The number of hydrogen-bond donors (Lipinski definition) is 1. The van der Waals surface area contributed by atoms with Crippen LogP contribution in [0.1, 0.15) is 5.56 Å². The number of benzene rings is 1. The van der Waals surface area contributed by atoms with Crippen LogP contribution in [0.25, 0.3) is 0 Å². The standard InChI is InChI=1S/C12H12FN3/c13-11-4-2-1-3-10(11)5-8-15-12-6-7-14-9-16-12/h1-4,6-7,9H,5,8H2,(H,14,15,16). The van der Waals surface area contributed by atoms with Crippen LogP contribution in [0.5, 0.6) is 0 Å². The lowest BCUT2D eigenvalue weighted by Crippen LogP contribution is -2.07. The van der Waals surface area contributed by atoms with Gasteiger partial charge in [-0.15, -0.1) is 0 Å². The van der Waals surface area contributed by atoms with E-state index in [1.54, 1.807) is 24.4 Å². The minimum absolute atomic E-state index is 0.160. The summed E-state index contributed by atoms with van der Waals surface area (Å²) in [7, 11) is 0. The predicted molar refractivity (Wildman–Crippen MR) is 60.6 cm³/mol. The summed E-state index contributed by atoms with van der Waals surface area (Å²) in [5.74, 6) is 0.596. The van der Waals surface area contributed by atoms with Crippen LogP contribution in [0.3, 0.4) is 0 Å². The minimum Gasteiger partial charge on any atom is -0.370 e. The second kappa shape index (κ2) is 5.21. The van der Waals surface area contributed by atoms with Gasteiger partial charge in [0.15, 0.2) is 0 Å². The summed E-state index contributed by atoms with van der Waals surface area (Å²) in [6, 6.07) is 8.57. The molecule has 0 aliphatic rings. The Morgan fingerprint density at radius 1 is 1.19 bits per heavy atom. The normalized spacial score (nSPS) is 10.1. The highest BCUT2D eigenvalue weighted by Gasteiger charge is 1.99. The molecule has 0 saturated carbocycles. The van der Waals surface area contributed by atoms with Crippen molar-refractivity contribution in [3.8, 4) is 0 Å². The maximum Gasteiger partial charge on any atom is 0.129 e. The van der Waals surface area contributed by atoms with Crippen LogP contribution in [-0.4, -0.2) is 16.5 Å². The van der Waals surface area contributed by atoms with Crippen molar-refractivity contribution in [2.75, 3.05) is 11.9 Å². The summed E-state index contributed by atoms with van der Waals surface area (Å²) >= 11 is 0. The van der Waals surface area contributed by atoms with Gasteiger partial charge in [-0.1, -0.05) is 18.2 Å². The summed E-state index contributed by atoms with van der Waals surface area (Å²) in [5.41, 5.74) is 0.712. The molecule has 4 heteroatoms. The van der Waals surface area contributed by atoms with Crippen molar-refractivity contribution in [2.24, 2.45) is 0 Å². The number of hydrogen-bond acceptors (Lipinski definition) is 3. The Balaban J connectivity index is 1.87. The molecule has 0 saturated heterocycles. The third-order valence-corrected chi connectivity index (χ3v) is 2.24. The van der Waals surface area contributed by atoms with E-state index in [1.165, 1.54) is 12.4 Å². The van der Waals surface area contributed by atoms with E-state index in [0.717, 1.165) is 5.82 Å². The summed E-state index contributed by atoms with van der Waals surface area (Å²) < 4.78 is 13.3. The van der Waals surface area contributed by atoms with Crippen LogP contribution in [0, 0.1) is 5.82 Å². The molecule has 82 valence electrons. The lowest BCUT2D eigenvalue weighted by Gasteiger charge is -2.05. The van der Waals surface area contributed by atoms with Crippen molar-refractivity contribution < 1.29 is 4.39 Å². The molecule has 3 nitrogen and oxygen atoms in total. The van der Waals surface area contributed by atoms with Gasteiger partial charge in [-0.25, -0.2) is 14.4 Å². The van der Waals surface area contributed by atoms with E-state index in [2.05, 4.69) is 15.3 Å². The highest BCUT2D eigenvalue weighted by Crippen LogP contribution is 2.07. The van der Waals surface area contributed by atoms with E-state index < -0.39 is 0 Å². The molecule has 2 aromatic rings. The van der Waals surface area contributed by atoms with Crippen LogP contribution in [0.4, 0.5) is 10.2 Å². The zero-order chi connectivity index (χ0) is 11.2. The minimum atomic E-state index is -0.160. The number of anilines is 1. The Morgan fingerprint density at radius 2 is 2.06 bits per heavy atom. The third-order valence-electron chi connectivity index (χ3n) is 2.24. The van der Waals surface area contributed by atoms with Gasteiger partial charge in [0.05, 0.1) is 0 Å². The zero-order valence-electron chi connectivity index (χ0n) is 8.73. The Labute approximate surface area is 93.4 Å². The summed E-state index contributed by atoms with van der Waals surface area (Å²) in [4.78, 5) is 7.83. The lowest BCUT2D eigenvalue weighted by atomic mass is 10.1. The molecule has 0 aliphatic carbocycles. The summed E-state index contributed by atoms with van der Waals surface area (Å²) in [6.45, 7) is 0.651. The first kappa shape index (κ1) is 10.5. The van der Waals surface area contributed by atoms with Gasteiger partial charge in [-0.3, -0.25) is 0 Å². The van der Waals surface area contributed by atoms with Crippen molar-refractivity contribution in [1.82, 2.24) is 9.97 Å². The van der Waals surface area contributed by atoms with Crippen molar-refractivity contribution in [2.45, 2.75) is 6.42 Å². The molecule has 0 atom stereocenters. The SMILES string of the molecule is Fc1ccccc1CCNc1ccncn1. The van der Waals surface area contributed by atoms with Crippen molar-refractivity contribution in [3.05, 3.63) is 54.2 Å². The van der Waals surface area contributed by atoms with E-state index >= 15 is 0 Å². The Bertz CT molecular complexity index is 445. The van der Waals surface area contributed by atoms with E-state index in [4.69, 9.17) is 0 Å². The molecule has 0 radical (unpaired) electrons. The van der Waals surface area contributed by atoms with Gasteiger partial charge < -0.3 is 5.32 Å². The van der Waals surface area contributed by atoms with E-state index in [9.17, 15) is 4.39 Å². The molecule has 1 heterocycles. The average molecular weight is 217 g/mol. The van der Waals surface area contributed by atoms with E-state index in [-0.39, 0.29) is 5.82 Å². The number of nitrogens with zero attached hydrogens (tertiary/aromatic N) is 2. The first-order valence-electron chi connectivity index (χ1n) is 5.09. The highest BCUT2D eigenvalue weighted by atomic mass is 19.1. The fourth-order valence-electron chi connectivity index (χ4n) is 1.42. The molecule has 1 aromatic carbocycles. The van der Waals surface area contributed by atoms with Crippen LogP contribution in [-0.2, 0) is 6.42 Å². The van der Waals surface area contributed by atoms with Gasteiger partial charge in [-0.2, -0.15) is 0 Å². The number of aromatic nitrogens is 2. The maximum absolute atomic E-state index is 13.3. The molecule has 0 spiro atoms. The fourth-order valence-corrected chi connectivity index (χ4v) is 1.42. The Morgan fingerprint density at radius 3 is 2.81 bits per heavy atom. The molecular weight excluding hydrogens is 205 g/mol. The van der Waals surface area contributed by atoms with Crippen molar-refractivity contribution in [1.29, 1.82) is 0 Å². The molecule has 2 rings (SSSR count). The Kier molecular flexibility index (Phi) is 3.43. The Hall–Kier alpha value is -1.97. The lowest BCUT2D eigenvalue weighted by molar-refractivity contribution is 0.610. The van der Waals surface area contributed by atoms with Gasteiger partial charge in [-0.05, 0) is 24.1 Å². The van der Waals surface area contributed by atoms with Crippen LogP contribution in [0.2, 0.25) is 0 Å². The van der Waals surface area contributed by atoms with Gasteiger partial charge in [0, 0.05) is 12.7 Å². The van der Waals surface area contributed by atoms with Crippen LogP contribution < -0.4 is 5.32 Å². The molecule has 0 bridgehead atoms. The van der Waals surface area contributed by atoms with Gasteiger partial charge >= 0.3 is 0 Å².